The normalized spacial score (nSPS) is 18.9. The quantitative estimate of drug-likeness (QED) is 0.492. The van der Waals surface area contributed by atoms with Gasteiger partial charge in [-0.05, 0) is 49.0 Å². The Hall–Kier alpha value is -1.35. The molecule has 3 heteroatoms. The van der Waals surface area contributed by atoms with Crippen molar-refractivity contribution in [2.24, 2.45) is 16.9 Å². The summed E-state index contributed by atoms with van der Waals surface area (Å²) in [5.41, 5.74) is 2.42. The molecule has 0 bridgehead atoms. The predicted octanol–water partition coefficient (Wildman–Crippen LogP) is 2.21. The van der Waals surface area contributed by atoms with Gasteiger partial charge in [-0.3, -0.25) is 4.90 Å². The van der Waals surface area contributed by atoms with Crippen molar-refractivity contribution in [3.8, 4) is 0 Å². The second-order valence-corrected chi connectivity index (χ2v) is 4.98. The molecule has 0 amide bonds. The van der Waals surface area contributed by atoms with Crippen molar-refractivity contribution in [1.82, 2.24) is 4.90 Å². The first-order chi connectivity index (χ1) is 8.28. The molecule has 0 saturated carbocycles. The maximum atomic E-state index is 5.17. The van der Waals surface area contributed by atoms with Crippen molar-refractivity contribution in [1.29, 1.82) is 0 Å². The predicted molar refractivity (Wildman–Crippen MR) is 71.9 cm³/mol. The fourth-order valence-corrected chi connectivity index (χ4v) is 2.34. The molecule has 1 fully saturated rings. The molecule has 0 radical (unpaired) electrons. The first-order valence-corrected chi connectivity index (χ1v) is 6.32. The SMILES string of the molecule is CC1CCN(Cc2cccc(C=NN)c2)CC1. The minimum absolute atomic E-state index is 0.891. The van der Waals surface area contributed by atoms with Crippen molar-refractivity contribution in [2.75, 3.05) is 13.1 Å². The Labute approximate surface area is 103 Å². The molecule has 2 rings (SSSR count). The Morgan fingerprint density at radius 1 is 1.41 bits per heavy atom. The maximum absolute atomic E-state index is 5.17. The first kappa shape index (κ1) is 12.1. The van der Waals surface area contributed by atoms with Crippen LogP contribution >= 0.6 is 0 Å². The summed E-state index contributed by atoms with van der Waals surface area (Å²) in [6, 6.07) is 8.43. The molecule has 1 aromatic carbocycles. The lowest BCUT2D eigenvalue weighted by atomic mass is 9.99. The van der Waals surface area contributed by atoms with Gasteiger partial charge in [-0.1, -0.05) is 25.1 Å². The Kier molecular flexibility index (Phi) is 4.15. The first-order valence-electron chi connectivity index (χ1n) is 6.32. The highest BCUT2D eigenvalue weighted by Crippen LogP contribution is 2.18. The Morgan fingerprint density at radius 3 is 2.88 bits per heavy atom. The summed E-state index contributed by atoms with van der Waals surface area (Å²) in [5, 5.41) is 3.57. The lowest BCUT2D eigenvalue weighted by Crippen LogP contribution is -2.32. The molecule has 0 aliphatic carbocycles. The summed E-state index contributed by atoms with van der Waals surface area (Å²) in [7, 11) is 0. The van der Waals surface area contributed by atoms with E-state index in [1.165, 1.54) is 31.5 Å². The van der Waals surface area contributed by atoms with E-state index in [9.17, 15) is 0 Å². The molecule has 0 atom stereocenters. The molecule has 1 heterocycles. The number of nitrogens with zero attached hydrogens (tertiary/aromatic N) is 2. The number of likely N-dealkylation sites (tertiary alicyclic amines) is 1. The van der Waals surface area contributed by atoms with Gasteiger partial charge in [-0.25, -0.2) is 0 Å². The fourth-order valence-electron chi connectivity index (χ4n) is 2.34. The van der Waals surface area contributed by atoms with E-state index in [-0.39, 0.29) is 0 Å². The molecule has 0 unspecified atom stereocenters. The lowest BCUT2D eigenvalue weighted by molar-refractivity contribution is 0.185. The van der Waals surface area contributed by atoms with Crippen molar-refractivity contribution >= 4 is 6.21 Å². The number of piperidine rings is 1. The average Bonchev–Trinajstić information content (AvgIpc) is 2.33. The monoisotopic (exact) mass is 231 g/mol. The summed E-state index contributed by atoms with van der Waals surface area (Å²) in [4.78, 5) is 2.53. The minimum atomic E-state index is 0.891. The minimum Gasteiger partial charge on any atom is -0.323 e. The van der Waals surface area contributed by atoms with E-state index < -0.39 is 0 Å². The number of rotatable bonds is 3. The molecule has 1 saturated heterocycles. The van der Waals surface area contributed by atoms with Crippen LogP contribution in [-0.4, -0.2) is 24.2 Å². The van der Waals surface area contributed by atoms with Gasteiger partial charge in [-0.15, -0.1) is 0 Å². The Balaban J connectivity index is 1.96. The molecule has 0 spiro atoms. The maximum Gasteiger partial charge on any atom is 0.0538 e. The van der Waals surface area contributed by atoms with E-state index in [1.807, 2.05) is 6.07 Å². The van der Waals surface area contributed by atoms with Gasteiger partial charge < -0.3 is 5.84 Å². The van der Waals surface area contributed by atoms with E-state index in [1.54, 1.807) is 6.21 Å². The van der Waals surface area contributed by atoms with Crippen LogP contribution in [0.15, 0.2) is 29.4 Å². The van der Waals surface area contributed by atoms with E-state index in [0.717, 1.165) is 18.0 Å². The highest BCUT2D eigenvalue weighted by Gasteiger charge is 2.15. The number of hydrazone groups is 1. The third kappa shape index (κ3) is 3.56. The van der Waals surface area contributed by atoms with Crippen LogP contribution in [0.4, 0.5) is 0 Å². The van der Waals surface area contributed by atoms with Crippen LogP contribution in [0.2, 0.25) is 0 Å². The van der Waals surface area contributed by atoms with Gasteiger partial charge in [0.1, 0.15) is 0 Å². The molecule has 0 aromatic heterocycles. The number of hydrogen-bond donors (Lipinski definition) is 1. The van der Waals surface area contributed by atoms with Crippen LogP contribution in [-0.2, 0) is 6.54 Å². The average molecular weight is 231 g/mol. The number of hydrogen-bond acceptors (Lipinski definition) is 3. The molecule has 2 N–H and O–H groups in total. The summed E-state index contributed by atoms with van der Waals surface area (Å²) < 4.78 is 0. The lowest BCUT2D eigenvalue weighted by Gasteiger charge is -2.30. The van der Waals surface area contributed by atoms with Gasteiger partial charge in [0.25, 0.3) is 0 Å². The summed E-state index contributed by atoms with van der Waals surface area (Å²) >= 11 is 0. The molecular formula is C14H21N3. The molecule has 17 heavy (non-hydrogen) atoms. The van der Waals surface area contributed by atoms with Gasteiger partial charge in [-0.2, -0.15) is 5.10 Å². The largest absolute Gasteiger partial charge is 0.323 e. The summed E-state index contributed by atoms with van der Waals surface area (Å²) in [5.74, 6) is 6.06. The molecule has 1 aromatic rings. The van der Waals surface area contributed by atoms with Crippen molar-refractivity contribution in [3.63, 3.8) is 0 Å². The van der Waals surface area contributed by atoms with E-state index >= 15 is 0 Å². The molecule has 1 aliphatic rings. The van der Waals surface area contributed by atoms with Crippen molar-refractivity contribution in [3.05, 3.63) is 35.4 Å². The van der Waals surface area contributed by atoms with Gasteiger partial charge >= 0.3 is 0 Å². The molecule has 92 valence electrons. The topological polar surface area (TPSA) is 41.6 Å². The third-order valence-electron chi connectivity index (χ3n) is 3.46. The van der Waals surface area contributed by atoms with Gasteiger partial charge in [0.05, 0.1) is 6.21 Å². The van der Waals surface area contributed by atoms with Crippen molar-refractivity contribution in [2.45, 2.75) is 26.3 Å². The van der Waals surface area contributed by atoms with Gasteiger partial charge in [0.2, 0.25) is 0 Å². The zero-order valence-electron chi connectivity index (χ0n) is 10.5. The Morgan fingerprint density at radius 2 is 2.18 bits per heavy atom. The van der Waals surface area contributed by atoms with Crippen molar-refractivity contribution < 1.29 is 0 Å². The van der Waals surface area contributed by atoms with Crippen LogP contribution < -0.4 is 5.84 Å². The van der Waals surface area contributed by atoms with Gasteiger partial charge in [0.15, 0.2) is 0 Å². The molecule has 3 nitrogen and oxygen atoms in total. The summed E-state index contributed by atoms with van der Waals surface area (Å²) in [6.07, 6.45) is 4.34. The van der Waals surface area contributed by atoms with E-state index in [2.05, 4.69) is 35.1 Å². The second kappa shape index (κ2) is 5.82. The standard InChI is InChI=1S/C14H21N3/c1-12-5-7-17(8-6-12)11-14-4-2-3-13(9-14)10-16-15/h2-4,9-10,12H,5-8,11,15H2,1H3. The second-order valence-electron chi connectivity index (χ2n) is 4.98. The van der Waals surface area contributed by atoms with Crippen LogP contribution in [0.5, 0.6) is 0 Å². The number of nitrogens with two attached hydrogens (primary N) is 1. The van der Waals surface area contributed by atoms with E-state index in [4.69, 9.17) is 5.84 Å². The molecular weight excluding hydrogens is 210 g/mol. The van der Waals surface area contributed by atoms with Crippen LogP contribution in [0, 0.1) is 5.92 Å². The van der Waals surface area contributed by atoms with Gasteiger partial charge in [0, 0.05) is 6.54 Å². The van der Waals surface area contributed by atoms with E-state index in [0.29, 0.717) is 0 Å². The van der Waals surface area contributed by atoms with Crippen LogP contribution in [0.3, 0.4) is 0 Å². The summed E-state index contributed by atoms with van der Waals surface area (Å²) in [6.45, 7) is 5.82. The molecule has 1 aliphatic heterocycles. The smallest absolute Gasteiger partial charge is 0.0538 e. The zero-order chi connectivity index (χ0) is 12.1. The van der Waals surface area contributed by atoms with Crippen LogP contribution in [0.1, 0.15) is 30.9 Å². The highest BCUT2D eigenvalue weighted by molar-refractivity contribution is 5.79. The Bertz CT molecular complexity index is 379. The fraction of sp³-hybridized carbons (Fsp3) is 0.500. The third-order valence-corrected chi connectivity index (χ3v) is 3.46. The number of benzene rings is 1. The van der Waals surface area contributed by atoms with Crippen LogP contribution in [0.25, 0.3) is 0 Å². The highest BCUT2D eigenvalue weighted by atomic mass is 15.1. The zero-order valence-corrected chi connectivity index (χ0v) is 10.5.